The zero-order valence-corrected chi connectivity index (χ0v) is 10.1. The molecule has 1 aliphatic carbocycles. The first kappa shape index (κ1) is 11.3. The second-order valence-corrected chi connectivity index (χ2v) is 6.56. The SMILES string of the molecule is CC1(C)CCCC2SCC(C(=O)O)NC21. The molecule has 15 heavy (non-hydrogen) atoms. The van der Waals surface area contributed by atoms with Crippen LogP contribution in [0.5, 0.6) is 0 Å². The van der Waals surface area contributed by atoms with Crippen LogP contribution in [0.15, 0.2) is 0 Å². The van der Waals surface area contributed by atoms with Gasteiger partial charge in [-0.3, -0.25) is 10.1 Å². The van der Waals surface area contributed by atoms with E-state index in [4.69, 9.17) is 5.11 Å². The predicted molar refractivity (Wildman–Crippen MR) is 62.2 cm³/mol. The van der Waals surface area contributed by atoms with Gasteiger partial charge in [-0.15, -0.1) is 0 Å². The zero-order valence-electron chi connectivity index (χ0n) is 9.32. The molecule has 2 rings (SSSR count). The molecule has 3 unspecified atom stereocenters. The molecule has 86 valence electrons. The molecule has 1 saturated carbocycles. The first-order valence-electron chi connectivity index (χ1n) is 5.61. The Kier molecular flexibility index (Phi) is 2.99. The van der Waals surface area contributed by atoms with E-state index in [0.29, 0.717) is 17.0 Å². The summed E-state index contributed by atoms with van der Waals surface area (Å²) < 4.78 is 0. The fourth-order valence-electron chi connectivity index (χ4n) is 2.72. The van der Waals surface area contributed by atoms with Crippen LogP contribution in [0.2, 0.25) is 0 Å². The summed E-state index contributed by atoms with van der Waals surface area (Å²) in [6.07, 6.45) is 3.72. The van der Waals surface area contributed by atoms with Crippen LogP contribution in [0.25, 0.3) is 0 Å². The molecule has 1 saturated heterocycles. The number of carbonyl (C=O) groups is 1. The van der Waals surface area contributed by atoms with Gasteiger partial charge in [-0.25, -0.2) is 0 Å². The third-order valence-electron chi connectivity index (χ3n) is 3.68. The van der Waals surface area contributed by atoms with Gasteiger partial charge in [0.05, 0.1) is 0 Å². The van der Waals surface area contributed by atoms with E-state index >= 15 is 0 Å². The molecule has 1 heterocycles. The van der Waals surface area contributed by atoms with Crippen molar-refractivity contribution in [1.82, 2.24) is 5.32 Å². The van der Waals surface area contributed by atoms with Crippen molar-refractivity contribution in [3.8, 4) is 0 Å². The van der Waals surface area contributed by atoms with Crippen LogP contribution >= 0.6 is 11.8 Å². The minimum atomic E-state index is -0.706. The summed E-state index contributed by atoms with van der Waals surface area (Å²) in [7, 11) is 0. The van der Waals surface area contributed by atoms with Crippen LogP contribution in [0.1, 0.15) is 33.1 Å². The number of hydrogen-bond donors (Lipinski definition) is 2. The maximum Gasteiger partial charge on any atom is 0.321 e. The lowest BCUT2D eigenvalue weighted by molar-refractivity contribution is -0.139. The van der Waals surface area contributed by atoms with E-state index in [1.54, 1.807) is 0 Å². The minimum absolute atomic E-state index is 0.240. The highest BCUT2D eigenvalue weighted by Gasteiger charge is 2.44. The molecule has 4 heteroatoms. The second kappa shape index (κ2) is 3.98. The van der Waals surface area contributed by atoms with E-state index in [9.17, 15) is 4.79 Å². The van der Waals surface area contributed by atoms with Crippen LogP contribution in [0, 0.1) is 5.41 Å². The van der Waals surface area contributed by atoms with Crippen molar-refractivity contribution < 1.29 is 9.90 Å². The molecule has 0 aromatic heterocycles. The van der Waals surface area contributed by atoms with Gasteiger partial charge < -0.3 is 5.11 Å². The maximum absolute atomic E-state index is 11.0. The third-order valence-corrected chi connectivity index (χ3v) is 5.14. The maximum atomic E-state index is 11.0. The Morgan fingerprint density at radius 2 is 2.27 bits per heavy atom. The Labute approximate surface area is 95.0 Å². The molecule has 0 aromatic carbocycles. The zero-order chi connectivity index (χ0) is 11.1. The molecule has 0 bridgehead atoms. The molecule has 2 fully saturated rings. The average Bonchev–Trinajstić information content (AvgIpc) is 2.17. The fraction of sp³-hybridized carbons (Fsp3) is 0.909. The van der Waals surface area contributed by atoms with Gasteiger partial charge in [-0.05, 0) is 18.3 Å². The molecule has 0 aromatic rings. The first-order valence-corrected chi connectivity index (χ1v) is 6.66. The lowest BCUT2D eigenvalue weighted by Gasteiger charge is -2.48. The Balaban J connectivity index is 2.10. The largest absolute Gasteiger partial charge is 0.480 e. The van der Waals surface area contributed by atoms with Crippen LogP contribution < -0.4 is 5.32 Å². The highest BCUT2D eigenvalue weighted by Crippen LogP contribution is 2.42. The molecule has 2 N–H and O–H groups in total. The summed E-state index contributed by atoms with van der Waals surface area (Å²) in [4.78, 5) is 11.0. The average molecular weight is 229 g/mol. The quantitative estimate of drug-likeness (QED) is 0.719. The van der Waals surface area contributed by atoms with Crippen molar-refractivity contribution >= 4 is 17.7 Å². The van der Waals surface area contributed by atoms with E-state index in [0.717, 1.165) is 0 Å². The van der Waals surface area contributed by atoms with E-state index in [1.165, 1.54) is 19.3 Å². The van der Waals surface area contributed by atoms with Crippen molar-refractivity contribution in [3.63, 3.8) is 0 Å². The van der Waals surface area contributed by atoms with Crippen LogP contribution in [-0.4, -0.2) is 34.2 Å². The van der Waals surface area contributed by atoms with Gasteiger partial charge in [0.15, 0.2) is 0 Å². The highest BCUT2D eigenvalue weighted by molar-refractivity contribution is 8.00. The Morgan fingerprint density at radius 1 is 1.53 bits per heavy atom. The number of thioether (sulfide) groups is 1. The van der Waals surface area contributed by atoms with Crippen LogP contribution in [0.3, 0.4) is 0 Å². The molecule has 3 nitrogen and oxygen atoms in total. The Morgan fingerprint density at radius 3 is 2.93 bits per heavy atom. The highest BCUT2D eigenvalue weighted by atomic mass is 32.2. The molecule has 3 atom stereocenters. The van der Waals surface area contributed by atoms with Gasteiger partial charge in [0, 0.05) is 17.0 Å². The van der Waals surface area contributed by atoms with Gasteiger partial charge in [-0.1, -0.05) is 20.3 Å². The van der Waals surface area contributed by atoms with Gasteiger partial charge in [0.2, 0.25) is 0 Å². The van der Waals surface area contributed by atoms with E-state index in [1.807, 2.05) is 11.8 Å². The van der Waals surface area contributed by atoms with Gasteiger partial charge in [0.1, 0.15) is 6.04 Å². The topological polar surface area (TPSA) is 49.3 Å². The van der Waals surface area contributed by atoms with Gasteiger partial charge in [0.25, 0.3) is 0 Å². The number of carboxylic acid groups (broad SMARTS) is 1. The molecular weight excluding hydrogens is 210 g/mol. The van der Waals surface area contributed by atoms with E-state index < -0.39 is 5.97 Å². The summed E-state index contributed by atoms with van der Waals surface area (Å²) in [5.74, 6) is 0.00868. The lowest BCUT2D eigenvalue weighted by atomic mass is 9.72. The number of fused-ring (bicyclic) bond motifs is 1. The lowest BCUT2D eigenvalue weighted by Crippen LogP contribution is -2.60. The van der Waals surface area contributed by atoms with Crippen molar-refractivity contribution in [2.45, 2.75) is 50.4 Å². The van der Waals surface area contributed by atoms with Crippen molar-refractivity contribution in [2.24, 2.45) is 5.41 Å². The molecular formula is C11H19NO2S. The first-order chi connectivity index (χ1) is 7.00. The third kappa shape index (κ3) is 2.16. The molecule has 1 aliphatic heterocycles. The predicted octanol–water partition coefficient (Wildman–Crippen LogP) is 1.72. The minimum Gasteiger partial charge on any atom is -0.480 e. The molecule has 2 aliphatic rings. The number of nitrogens with one attached hydrogen (secondary N) is 1. The smallest absolute Gasteiger partial charge is 0.321 e. The normalized spacial score (nSPS) is 39.5. The van der Waals surface area contributed by atoms with Gasteiger partial charge in [-0.2, -0.15) is 11.8 Å². The summed E-state index contributed by atoms with van der Waals surface area (Å²) >= 11 is 1.84. The summed E-state index contributed by atoms with van der Waals surface area (Å²) in [6.45, 7) is 4.50. The van der Waals surface area contributed by atoms with Crippen LogP contribution in [0.4, 0.5) is 0 Å². The van der Waals surface area contributed by atoms with Crippen LogP contribution in [-0.2, 0) is 4.79 Å². The van der Waals surface area contributed by atoms with Crippen molar-refractivity contribution in [1.29, 1.82) is 0 Å². The summed E-state index contributed by atoms with van der Waals surface area (Å²) in [5.41, 5.74) is 0.240. The number of rotatable bonds is 1. The monoisotopic (exact) mass is 229 g/mol. The molecule has 0 radical (unpaired) electrons. The van der Waals surface area contributed by atoms with Gasteiger partial charge >= 0.3 is 5.97 Å². The summed E-state index contributed by atoms with van der Waals surface area (Å²) in [6, 6.07) is 0.0136. The second-order valence-electron chi connectivity index (χ2n) is 5.29. The molecule has 0 spiro atoms. The Bertz CT molecular complexity index is 267. The van der Waals surface area contributed by atoms with E-state index in [2.05, 4.69) is 19.2 Å². The number of carboxylic acids is 1. The van der Waals surface area contributed by atoms with Crippen molar-refractivity contribution in [3.05, 3.63) is 0 Å². The molecule has 0 amide bonds. The fourth-order valence-corrected chi connectivity index (χ4v) is 4.38. The number of hydrogen-bond acceptors (Lipinski definition) is 3. The number of aliphatic carboxylic acids is 1. The van der Waals surface area contributed by atoms with E-state index in [-0.39, 0.29) is 11.5 Å². The summed E-state index contributed by atoms with van der Waals surface area (Å²) in [5, 5.41) is 13.0. The Hall–Kier alpha value is -0.220. The van der Waals surface area contributed by atoms with Crippen molar-refractivity contribution in [2.75, 3.05) is 5.75 Å². The standard InChI is InChI=1S/C11H19NO2S/c1-11(2)5-3-4-8-9(11)12-7(6-15-8)10(13)14/h7-9,12H,3-6H2,1-2H3,(H,13,14).